The van der Waals surface area contributed by atoms with Crippen LogP contribution in [0.5, 0.6) is 0 Å². The number of pyridine rings is 2. The molecule has 5 heteroatoms. The van der Waals surface area contributed by atoms with E-state index in [1.807, 2.05) is 32.3 Å². The van der Waals surface area contributed by atoms with E-state index in [4.69, 9.17) is 0 Å². The van der Waals surface area contributed by atoms with E-state index in [9.17, 15) is 9.18 Å². The molecule has 2 heterocycles. The van der Waals surface area contributed by atoms with E-state index < -0.39 is 0 Å². The van der Waals surface area contributed by atoms with Crippen LogP contribution in [0.15, 0.2) is 48.8 Å². The number of carbonyl (C=O) groups excluding carboxylic acids is 1. The molecule has 0 bridgehead atoms. The van der Waals surface area contributed by atoms with Crippen molar-refractivity contribution in [2.45, 2.75) is 39.2 Å². The van der Waals surface area contributed by atoms with Crippen LogP contribution in [-0.4, -0.2) is 27.8 Å². The van der Waals surface area contributed by atoms with Gasteiger partial charge in [-0.3, -0.25) is 14.8 Å². The number of carbonyl (C=O) groups is 1. The van der Waals surface area contributed by atoms with Crippen molar-refractivity contribution in [2.24, 2.45) is 0 Å². The van der Waals surface area contributed by atoms with E-state index in [0.29, 0.717) is 22.2 Å². The summed E-state index contributed by atoms with van der Waals surface area (Å²) >= 11 is 0. The molecule has 0 N–H and O–H groups in total. The van der Waals surface area contributed by atoms with Gasteiger partial charge in [0, 0.05) is 36.6 Å². The molecule has 1 aromatic carbocycles. The molecule has 0 aliphatic rings. The Hall–Kier alpha value is -2.82. The first-order chi connectivity index (χ1) is 13.0. The molecule has 27 heavy (non-hydrogen) atoms. The third-order valence-corrected chi connectivity index (χ3v) is 4.82. The molecule has 3 aromatic rings. The van der Waals surface area contributed by atoms with Crippen LogP contribution >= 0.6 is 0 Å². The topological polar surface area (TPSA) is 46.1 Å². The number of aromatic nitrogens is 2. The van der Waals surface area contributed by atoms with Gasteiger partial charge in [0.2, 0.25) is 0 Å². The monoisotopic (exact) mass is 365 g/mol. The molecule has 0 aliphatic carbocycles. The van der Waals surface area contributed by atoms with Gasteiger partial charge in [-0.25, -0.2) is 4.39 Å². The van der Waals surface area contributed by atoms with Crippen molar-refractivity contribution in [1.82, 2.24) is 14.9 Å². The lowest BCUT2D eigenvalue weighted by atomic mass is 9.99. The third kappa shape index (κ3) is 4.13. The number of rotatable bonds is 6. The second-order valence-corrected chi connectivity index (χ2v) is 6.83. The van der Waals surface area contributed by atoms with Gasteiger partial charge in [-0.2, -0.15) is 0 Å². The Morgan fingerprint density at radius 1 is 1.26 bits per heavy atom. The van der Waals surface area contributed by atoms with Gasteiger partial charge in [0.1, 0.15) is 5.82 Å². The molecule has 0 fully saturated rings. The van der Waals surface area contributed by atoms with Crippen LogP contribution in [0.4, 0.5) is 4.39 Å². The number of aryl methyl sites for hydroxylation is 1. The van der Waals surface area contributed by atoms with Crippen LogP contribution in [0.3, 0.4) is 0 Å². The van der Waals surface area contributed by atoms with Gasteiger partial charge in [-0.1, -0.05) is 25.8 Å². The van der Waals surface area contributed by atoms with Crippen molar-refractivity contribution in [3.8, 4) is 0 Å². The zero-order valence-electron chi connectivity index (χ0n) is 15.9. The fourth-order valence-electron chi connectivity index (χ4n) is 3.40. The lowest BCUT2D eigenvalue weighted by Crippen LogP contribution is -2.31. The summed E-state index contributed by atoms with van der Waals surface area (Å²) in [5.74, 6) is -0.453. The van der Waals surface area contributed by atoms with E-state index >= 15 is 0 Å². The molecule has 0 spiro atoms. The normalized spacial score (nSPS) is 12.1. The standard InChI is InChI=1S/C22H24FN3O/c1-4-5-8-21(16-7-6-11-24-14-16)26(3)22(27)19-12-15(2)25-20-13-17(23)9-10-18(19)20/h6-7,9-14,21H,4-5,8H2,1-3H3/t21-/m0/s1. The predicted molar refractivity (Wildman–Crippen MR) is 105 cm³/mol. The van der Waals surface area contributed by atoms with Crippen molar-refractivity contribution in [1.29, 1.82) is 0 Å². The number of benzene rings is 1. The van der Waals surface area contributed by atoms with Crippen LogP contribution in [0, 0.1) is 12.7 Å². The molecule has 0 radical (unpaired) electrons. The maximum absolute atomic E-state index is 13.6. The molecule has 4 nitrogen and oxygen atoms in total. The van der Waals surface area contributed by atoms with Crippen LogP contribution in [-0.2, 0) is 0 Å². The minimum absolute atomic E-state index is 0.0601. The fourth-order valence-corrected chi connectivity index (χ4v) is 3.40. The van der Waals surface area contributed by atoms with E-state index in [-0.39, 0.29) is 17.8 Å². The Labute approximate surface area is 159 Å². The smallest absolute Gasteiger partial charge is 0.254 e. The maximum atomic E-state index is 13.6. The SMILES string of the molecule is CCCC[C@@H](c1cccnc1)N(C)C(=O)c1cc(C)nc2cc(F)ccc12. The van der Waals surface area contributed by atoms with E-state index in [1.54, 1.807) is 23.2 Å². The summed E-state index contributed by atoms with van der Waals surface area (Å²) in [5, 5.41) is 0.666. The van der Waals surface area contributed by atoms with Crippen LogP contribution in [0.1, 0.15) is 53.8 Å². The van der Waals surface area contributed by atoms with Crippen LogP contribution < -0.4 is 0 Å². The molecule has 140 valence electrons. The van der Waals surface area contributed by atoms with Gasteiger partial charge < -0.3 is 4.90 Å². The number of nitrogens with zero attached hydrogens (tertiary/aromatic N) is 3. The van der Waals surface area contributed by atoms with E-state index in [0.717, 1.165) is 24.8 Å². The molecule has 1 amide bonds. The maximum Gasteiger partial charge on any atom is 0.254 e. The fraction of sp³-hybridized carbons (Fsp3) is 0.318. The molecular formula is C22H24FN3O. The third-order valence-electron chi connectivity index (χ3n) is 4.82. The van der Waals surface area contributed by atoms with Gasteiger partial charge in [-0.05, 0) is 43.2 Å². The Bertz CT molecular complexity index is 938. The molecule has 1 atom stereocenters. The molecular weight excluding hydrogens is 341 g/mol. The molecule has 0 aliphatic heterocycles. The van der Waals surface area contributed by atoms with E-state index in [2.05, 4.69) is 16.9 Å². The van der Waals surface area contributed by atoms with Crippen LogP contribution in [0.2, 0.25) is 0 Å². The summed E-state index contributed by atoms with van der Waals surface area (Å²) < 4.78 is 13.6. The molecule has 0 unspecified atom stereocenters. The highest BCUT2D eigenvalue weighted by Gasteiger charge is 2.24. The average molecular weight is 365 g/mol. The lowest BCUT2D eigenvalue weighted by Gasteiger charge is -2.29. The zero-order valence-corrected chi connectivity index (χ0v) is 15.9. The predicted octanol–water partition coefficient (Wildman–Crippen LogP) is 5.08. The number of fused-ring (bicyclic) bond motifs is 1. The minimum Gasteiger partial charge on any atom is -0.335 e. The van der Waals surface area contributed by atoms with Gasteiger partial charge in [0.05, 0.1) is 17.1 Å². The number of halogens is 1. The number of hydrogen-bond donors (Lipinski definition) is 0. The minimum atomic E-state index is -0.358. The molecule has 0 saturated carbocycles. The zero-order chi connectivity index (χ0) is 19.4. The molecule has 3 rings (SSSR count). The first kappa shape index (κ1) is 19.0. The summed E-state index contributed by atoms with van der Waals surface area (Å²) in [4.78, 5) is 23.7. The number of amides is 1. The summed E-state index contributed by atoms with van der Waals surface area (Å²) in [5.41, 5.74) is 2.75. The first-order valence-corrected chi connectivity index (χ1v) is 9.25. The second-order valence-electron chi connectivity index (χ2n) is 6.83. The second kappa shape index (κ2) is 8.25. The highest BCUT2D eigenvalue weighted by atomic mass is 19.1. The Morgan fingerprint density at radius 2 is 2.07 bits per heavy atom. The summed E-state index contributed by atoms with van der Waals surface area (Å²) in [6, 6.07) is 9.97. The van der Waals surface area contributed by atoms with Crippen molar-refractivity contribution in [3.63, 3.8) is 0 Å². The Balaban J connectivity index is 2.01. The molecule has 2 aromatic heterocycles. The van der Waals surface area contributed by atoms with Gasteiger partial charge in [0.25, 0.3) is 5.91 Å². The lowest BCUT2D eigenvalue weighted by molar-refractivity contribution is 0.0722. The van der Waals surface area contributed by atoms with Crippen molar-refractivity contribution in [3.05, 3.63) is 71.4 Å². The van der Waals surface area contributed by atoms with Crippen molar-refractivity contribution >= 4 is 16.8 Å². The summed E-state index contributed by atoms with van der Waals surface area (Å²) in [6.07, 6.45) is 6.47. The Morgan fingerprint density at radius 3 is 2.78 bits per heavy atom. The van der Waals surface area contributed by atoms with Gasteiger partial charge >= 0.3 is 0 Å². The molecule has 0 saturated heterocycles. The van der Waals surface area contributed by atoms with Crippen molar-refractivity contribution < 1.29 is 9.18 Å². The quantitative estimate of drug-likeness (QED) is 0.612. The van der Waals surface area contributed by atoms with Gasteiger partial charge in [0.15, 0.2) is 0 Å². The highest BCUT2D eigenvalue weighted by Crippen LogP contribution is 2.28. The number of unbranched alkanes of at least 4 members (excludes halogenated alkanes) is 1. The Kier molecular flexibility index (Phi) is 5.79. The van der Waals surface area contributed by atoms with E-state index in [1.165, 1.54) is 12.1 Å². The largest absolute Gasteiger partial charge is 0.335 e. The first-order valence-electron chi connectivity index (χ1n) is 9.25. The highest BCUT2D eigenvalue weighted by molar-refractivity contribution is 6.06. The van der Waals surface area contributed by atoms with Crippen molar-refractivity contribution in [2.75, 3.05) is 7.05 Å². The average Bonchev–Trinajstić information content (AvgIpc) is 2.67. The van der Waals surface area contributed by atoms with Crippen LogP contribution in [0.25, 0.3) is 10.9 Å². The summed E-state index contributed by atoms with van der Waals surface area (Å²) in [6.45, 7) is 3.95. The van der Waals surface area contributed by atoms with Gasteiger partial charge in [-0.15, -0.1) is 0 Å². The number of hydrogen-bond acceptors (Lipinski definition) is 3. The summed E-state index contributed by atoms with van der Waals surface area (Å²) in [7, 11) is 1.82.